The predicted molar refractivity (Wildman–Crippen MR) is 86.6 cm³/mol. The molecule has 0 aliphatic carbocycles. The lowest BCUT2D eigenvalue weighted by atomic mass is 10.1. The maximum Gasteiger partial charge on any atom is 0.142 e. The lowest BCUT2D eigenvalue weighted by Crippen LogP contribution is -2.27. The van der Waals surface area contributed by atoms with Gasteiger partial charge in [-0.15, -0.1) is 0 Å². The van der Waals surface area contributed by atoms with Gasteiger partial charge in [0.15, 0.2) is 0 Å². The van der Waals surface area contributed by atoms with Crippen LogP contribution in [0.15, 0.2) is 30.3 Å². The molecular weight excluding hydrogens is 297 g/mol. The van der Waals surface area contributed by atoms with Crippen molar-refractivity contribution in [3.63, 3.8) is 0 Å². The summed E-state index contributed by atoms with van der Waals surface area (Å²) < 4.78 is 0. The average Bonchev–Trinajstić information content (AvgIpc) is 2.46. The number of phenolic OH excluding ortho intramolecular Hbond substituents is 1. The van der Waals surface area contributed by atoms with Gasteiger partial charge in [0, 0.05) is 37.0 Å². The van der Waals surface area contributed by atoms with Crippen LogP contribution >= 0.6 is 23.2 Å². The molecule has 6 N–H and O–H groups in total. The van der Waals surface area contributed by atoms with E-state index in [1.165, 1.54) is 0 Å². The predicted octanol–water partition coefficient (Wildman–Crippen LogP) is 2.35. The van der Waals surface area contributed by atoms with E-state index < -0.39 is 0 Å². The van der Waals surface area contributed by atoms with Crippen LogP contribution in [0.3, 0.4) is 0 Å². The van der Waals surface area contributed by atoms with Gasteiger partial charge in [-0.05, 0) is 6.07 Å². The van der Waals surface area contributed by atoms with E-state index in [0.717, 1.165) is 18.5 Å². The molecule has 110 valence electrons. The van der Waals surface area contributed by atoms with Crippen molar-refractivity contribution < 1.29 is 5.11 Å². The number of aromatic hydroxyl groups is 1. The Kier molecular flexibility index (Phi) is 7.65. The van der Waals surface area contributed by atoms with Crippen molar-refractivity contribution in [3.05, 3.63) is 40.4 Å². The minimum absolute atomic E-state index is 0.0849. The topological polar surface area (TPSA) is 84.3 Å². The third-order valence-electron chi connectivity index (χ3n) is 2.56. The van der Waals surface area contributed by atoms with Crippen molar-refractivity contribution >= 4 is 34.0 Å². The highest BCUT2D eigenvalue weighted by Gasteiger charge is 2.07. The van der Waals surface area contributed by atoms with E-state index in [4.69, 9.17) is 34.7 Å². The molecule has 0 amide bonds. The van der Waals surface area contributed by atoms with Gasteiger partial charge in [-0.3, -0.25) is 0 Å². The number of rotatable bonds is 4. The van der Waals surface area contributed by atoms with Crippen LogP contribution in [0.2, 0.25) is 10.0 Å². The molecule has 4 nitrogen and oxygen atoms in total. The molecule has 0 radical (unpaired) electrons. The summed E-state index contributed by atoms with van der Waals surface area (Å²) >= 11 is 11.7. The summed E-state index contributed by atoms with van der Waals surface area (Å²) in [6.07, 6.45) is 0. The Hall–Kier alpha value is -1.04. The van der Waals surface area contributed by atoms with E-state index in [9.17, 15) is 5.11 Å². The Morgan fingerprint density at radius 1 is 0.950 bits per heavy atom. The molecule has 6 heteroatoms. The van der Waals surface area contributed by atoms with Crippen LogP contribution in [0.1, 0.15) is 0 Å². The second-order valence-corrected chi connectivity index (χ2v) is 4.88. The van der Waals surface area contributed by atoms with Crippen LogP contribution in [0.5, 0.6) is 5.75 Å². The summed E-state index contributed by atoms with van der Waals surface area (Å²) in [6, 6.07) is 8.85. The molecule has 0 fully saturated rings. The Morgan fingerprint density at radius 2 is 1.50 bits per heavy atom. The molecule has 0 unspecified atom stereocenters. The quantitative estimate of drug-likeness (QED) is 0.652. The zero-order chi connectivity index (χ0) is 15.0. The number of phenols is 1. The smallest absolute Gasteiger partial charge is 0.142 e. The third-order valence-corrected chi connectivity index (χ3v) is 3.16. The van der Waals surface area contributed by atoms with Crippen molar-refractivity contribution in [2.75, 3.05) is 26.2 Å². The van der Waals surface area contributed by atoms with E-state index >= 15 is 0 Å². The molecule has 0 saturated heterocycles. The summed E-state index contributed by atoms with van der Waals surface area (Å²) in [7, 11) is 0. The fraction of sp³-hybridized carbons (Fsp3) is 0.286. The molecule has 0 bridgehead atoms. The molecule has 20 heavy (non-hydrogen) atoms. The van der Waals surface area contributed by atoms with E-state index in [2.05, 4.69) is 5.32 Å². The van der Waals surface area contributed by atoms with Crippen molar-refractivity contribution in [1.29, 1.82) is 0 Å². The third kappa shape index (κ3) is 4.81. The van der Waals surface area contributed by atoms with Gasteiger partial charge in [-0.2, -0.15) is 0 Å². The first-order chi connectivity index (χ1) is 9.61. The van der Waals surface area contributed by atoms with Gasteiger partial charge in [-0.1, -0.05) is 47.5 Å². The van der Waals surface area contributed by atoms with Gasteiger partial charge in [0.25, 0.3) is 0 Å². The van der Waals surface area contributed by atoms with Crippen molar-refractivity contribution in [1.82, 2.24) is 5.32 Å². The lowest BCUT2D eigenvalue weighted by molar-refractivity contribution is 0.482. The molecular formula is C14H19Cl2N3O. The number of halogens is 2. The summed E-state index contributed by atoms with van der Waals surface area (Å²) in [4.78, 5) is 0. The van der Waals surface area contributed by atoms with Crippen molar-refractivity contribution in [2.45, 2.75) is 0 Å². The molecule has 0 aliphatic heterocycles. The van der Waals surface area contributed by atoms with Gasteiger partial charge in [0.2, 0.25) is 0 Å². The molecule has 0 heterocycles. The van der Waals surface area contributed by atoms with Crippen LogP contribution in [0, 0.1) is 0 Å². The zero-order valence-electron chi connectivity index (χ0n) is 11.1. The largest absolute Gasteiger partial charge is 0.506 e. The Bertz CT molecular complexity index is 545. The summed E-state index contributed by atoms with van der Waals surface area (Å²) in [5, 5.41) is 15.0. The monoisotopic (exact) mass is 315 g/mol. The molecule has 0 aliphatic rings. The highest BCUT2D eigenvalue weighted by Crippen LogP contribution is 2.36. The van der Waals surface area contributed by atoms with Gasteiger partial charge >= 0.3 is 0 Å². The highest BCUT2D eigenvalue weighted by atomic mass is 35.5. The molecule has 0 spiro atoms. The summed E-state index contributed by atoms with van der Waals surface area (Å²) in [6.45, 7) is 3.13. The number of hydrogen-bond acceptors (Lipinski definition) is 4. The molecule has 2 aromatic carbocycles. The van der Waals surface area contributed by atoms with Crippen molar-refractivity contribution in [2.24, 2.45) is 11.5 Å². The minimum atomic E-state index is 0.0849. The maximum atomic E-state index is 9.59. The Morgan fingerprint density at radius 3 is 2.05 bits per heavy atom. The first-order valence-electron chi connectivity index (χ1n) is 6.28. The van der Waals surface area contributed by atoms with Crippen LogP contribution in [-0.4, -0.2) is 31.3 Å². The second-order valence-electron chi connectivity index (χ2n) is 4.06. The van der Waals surface area contributed by atoms with Crippen molar-refractivity contribution in [3.8, 4) is 5.75 Å². The van der Waals surface area contributed by atoms with Crippen LogP contribution < -0.4 is 16.8 Å². The SMILES string of the molecule is NCCNCCN.Oc1c(Cl)cc(Cl)c2ccccc12. The van der Waals surface area contributed by atoms with E-state index in [1.807, 2.05) is 18.2 Å². The first kappa shape index (κ1) is 17.0. The maximum absolute atomic E-state index is 9.59. The molecule has 0 atom stereocenters. The minimum Gasteiger partial charge on any atom is -0.506 e. The van der Waals surface area contributed by atoms with E-state index in [0.29, 0.717) is 23.5 Å². The lowest BCUT2D eigenvalue weighted by Gasteiger charge is -2.04. The fourth-order valence-electron chi connectivity index (χ4n) is 1.61. The number of benzene rings is 2. The normalized spacial score (nSPS) is 10.2. The van der Waals surface area contributed by atoms with Gasteiger partial charge in [0.1, 0.15) is 5.75 Å². The van der Waals surface area contributed by atoms with E-state index in [-0.39, 0.29) is 10.8 Å². The average molecular weight is 316 g/mol. The molecule has 2 rings (SSSR count). The number of nitrogens with one attached hydrogen (secondary N) is 1. The summed E-state index contributed by atoms with van der Waals surface area (Å²) in [5.41, 5.74) is 10.3. The summed E-state index contributed by atoms with van der Waals surface area (Å²) in [5.74, 6) is 0.0849. The highest BCUT2D eigenvalue weighted by molar-refractivity contribution is 6.39. The molecule has 0 aromatic heterocycles. The first-order valence-corrected chi connectivity index (χ1v) is 7.04. The van der Waals surface area contributed by atoms with Gasteiger partial charge in [-0.25, -0.2) is 0 Å². The Balaban J connectivity index is 0.000000246. The van der Waals surface area contributed by atoms with Gasteiger partial charge < -0.3 is 21.9 Å². The second kappa shape index (κ2) is 9.00. The molecule has 2 aromatic rings. The van der Waals surface area contributed by atoms with Crippen LogP contribution in [-0.2, 0) is 0 Å². The zero-order valence-corrected chi connectivity index (χ0v) is 12.6. The number of fused-ring (bicyclic) bond motifs is 1. The number of hydrogen-bond donors (Lipinski definition) is 4. The van der Waals surface area contributed by atoms with Crippen LogP contribution in [0.4, 0.5) is 0 Å². The Labute approximate surface area is 128 Å². The standard InChI is InChI=1S/C10H6Cl2O.C4H13N3/c11-8-5-9(12)10(13)7-4-2-1-3-6(7)8;5-1-3-7-4-2-6/h1-5,13H;7H,1-6H2. The van der Waals surface area contributed by atoms with Gasteiger partial charge in [0.05, 0.1) is 10.0 Å². The van der Waals surface area contributed by atoms with E-state index in [1.54, 1.807) is 12.1 Å². The van der Waals surface area contributed by atoms with Crippen LogP contribution in [0.25, 0.3) is 10.8 Å². The number of nitrogens with two attached hydrogens (primary N) is 2. The molecule has 0 saturated carbocycles. The fourth-order valence-corrected chi connectivity index (χ4v) is 2.15.